The SMILES string of the molecule is CC(N)C1(c2cc3c(cc2Cl)OC(F)(F)C(F)(F)O3)CC1. The molecule has 0 aromatic heterocycles. The van der Waals surface area contributed by atoms with E-state index in [4.69, 9.17) is 17.3 Å². The van der Waals surface area contributed by atoms with E-state index in [9.17, 15) is 17.6 Å². The molecule has 1 aromatic carbocycles. The average Bonchev–Trinajstić information content (AvgIpc) is 3.11. The van der Waals surface area contributed by atoms with Crippen LogP contribution in [0.5, 0.6) is 11.5 Å². The first-order valence-corrected chi connectivity index (χ1v) is 6.70. The van der Waals surface area contributed by atoms with Gasteiger partial charge in [0.2, 0.25) is 0 Å². The van der Waals surface area contributed by atoms with Crippen LogP contribution in [0, 0.1) is 0 Å². The molecular formula is C13H12ClF4NO2. The van der Waals surface area contributed by atoms with Crippen LogP contribution < -0.4 is 15.2 Å². The molecule has 1 unspecified atom stereocenters. The van der Waals surface area contributed by atoms with Crippen molar-refractivity contribution < 1.29 is 27.0 Å². The number of rotatable bonds is 2. The molecule has 1 saturated carbocycles. The maximum absolute atomic E-state index is 13.2. The normalized spacial score (nSPS) is 25.3. The standard InChI is InChI=1S/C13H12ClF4NO2/c1-6(19)11(2-3-11)7-4-9-10(5-8(7)14)21-13(17,18)12(15,16)20-9/h4-6H,2-3,19H2,1H3. The van der Waals surface area contributed by atoms with Crippen molar-refractivity contribution in [2.45, 2.75) is 43.4 Å². The van der Waals surface area contributed by atoms with Crippen LogP contribution in [0.4, 0.5) is 17.6 Å². The summed E-state index contributed by atoms with van der Waals surface area (Å²) in [4.78, 5) is 0. The smallest absolute Gasteiger partial charge is 0.421 e. The molecule has 21 heavy (non-hydrogen) atoms. The summed E-state index contributed by atoms with van der Waals surface area (Å²) in [5, 5.41) is 0.146. The Hall–Kier alpha value is -1.21. The summed E-state index contributed by atoms with van der Waals surface area (Å²) < 4.78 is 60.8. The highest BCUT2D eigenvalue weighted by Crippen LogP contribution is 2.56. The van der Waals surface area contributed by atoms with Gasteiger partial charge < -0.3 is 15.2 Å². The molecule has 116 valence electrons. The van der Waals surface area contributed by atoms with Crippen molar-refractivity contribution in [2.75, 3.05) is 0 Å². The van der Waals surface area contributed by atoms with Gasteiger partial charge in [-0.25, -0.2) is 0 Å². The number of nitrogens with two attached hydrogens (primary N) is 1. The Morgan fingerprint density at radius 3 is 2.00 bits per heavy atom. The lowest BCUT2D eigenvalue weighted by atomic mass is 9.89. The molecule has 1 atom stereocenters. The van der Waals surface area contributed by atoms with Gasteiger partial charge in [0.25, 0.3) is 0 Å². The van der Waals surface area contributed by atoms with Crippen LogP contribution >= 0.6 is 11.6 Å². The molecule has 2 aliphatic rings. The summed E-state index contributed by atoms with van der Waals surface area (Å²) >= 11 is 6.07. The van der Waals surface area contributed by atoms with Gasteiger partial charge in [0.05, 0.1) is 0 Å². The molecule has 3 nitrogen and oxygen atoms in total. The molecule has 0 spiro atoms. The summed E-state index contributed by atoms with van der Waals surface area (Å²) in [7, 11) is 0. The predicted octanol–water partition coefficient (Wildman–Crippen LogP) is 3.68. The van der Waals surface area contributed by atoms with Crippen LogP contribution in [0.15, 0.2) is 12.1 Å². The molecule has 1 fully saturated rings. The number of fused-ring (bicyclic) bond motifs is 1. The Kier molecular flexibility index (Phi) is 2.92. The van der Waals surface area contributed by atoms with Gasteiger partial charge in [0.1, 0.15) is 0 Å². The first kappa shape index (κ1) is 14.7. The number of ether oxygens (including phenoxy) is 2. The molecule has 1 aliphatic heterocycles. The molecule has 0 bridgehead atoms. The molecule has 1 heterocycles. The van der Waals surface area contributed by atoms with Crippen molar-refractivity contribution in [3.05, 3.63) is 22.7 Å². The fraction of sp³-hybridized carbons (Fsp3) is 0.538. The highest BCUT2D eigenvalue weighted by molar-refractivity contribution is 6.31. The second-order valence-corrected chi connectivity index (χ2v) is 5.87. The van der Waals surface area contributed by atoms with Crippen LogP contribution in [0.25, 0.3) is 0 Å². The highest BCUT2D eigenvalue weighted by Gasteiger charge is 2.66. The minimum Gasteiger partial charge on any atom is -0.421 e. The van der Waals surface area contributed by atoms with Crippen molar-refractivity contribution in [1.82, 2.24) is 0 Å². The molecule has 3 rings (SSSR count). The van der Waals surface area contributed by atoms with Crippen LogP contribution in [0.2, 0.25) is 5.02 Å². The maximum atomic E-state index is 13.2. The van der Waals surface area contributed by atoms with E-state index in [-0.39, 0.29) is 11.1 Å². The summed E-state index contributed by atoms with van der Waals surface area (Å²) in [5.41, 5.74) is 6.00. The van der Waals surface area contributed by atoms with E-state index in [0.29, 0.717) is 5.56 Å². The number of hydrogen-bond acceptors (Lipinski definition) is 3. The van der Waals surface area contributed by atoms with Gasteiger partial charge in [-0.05, 0) is 31.4 Å². The van der Waals surface area contributed by atoms with Crippen molar-refractivity contribution in [1.29, 1.82) is 0 Å². The number of alkyl halides is 4. The van der Waals surface area contributed by atoms with Crippen molar-refractivity contribution in [3.8, 4) is 11.5 Å². The molecule has 1 aromatic rings. The monoisotopic (exact) mass is 325 g/mol. The average molecular weight is 326 g/mol. The lowest BCUT2D eigenvalue weighted by Gasteiger charge is -2.33. The van der Waals surface area contributed by atoms with Crippen molar-refractivity contribution in [3.63, 3.8) is 0 Å². The Balaban J connectivity index is 2.07. The Bertz CT molecular complexity index is 602. The summed E-state index contributed by atoms with van der Waals surface area (Å²) in [6.45, 7) is 1.78. The fourth-order valence-corrected chi connectivity index (χ4v) is 2.92. The molecule has 0 saturated heterocycles. The number of benzene rings is 1. The topological polar surface area (TPSA) is 44.5 Å². The van der Waals surface area contributed by atoms with E-state index >= 15 is 0 Å². The Morgan fingerprint density at radius 1 is 1.10 bits per heavy atom. The first-order chi connectivity index (χ1) is 9.59. The van der Waals surface area contributed by atoms with Crippen molar-refractivity contribution in [2.24, 2.45) is 5.73 Å². The zero-order chi connectivity index (χ0) is 15.6. The highest BCUT2D eigenvalue weighted by atomic mass is 35.5. The van der Waals surface area contributed by atoms with Crippen LogP contribution in [0.1, 0.15) is 25.3 Å². The number of halogens is 5. The third-order valence-electron chi connectivity index (χ3n) is 4.05. The van der Waals surface area contributed by atoms with E-state index in [0.717, 1.165) is 18.9 Å². The fourth-order valence-electron chi connectivity index (χ4n) is 2.58. The Labute approximate surface area is 123 Å². The van der Waals surface area contributed by atoms with Gasteiger partial charge >= 0.3 is 12.2 Å². The van der Waals surface area contributed by atoms with E-state index in [2.05, 4.69) is 9.47 Å². The Morgan fingerprint density at radius 2 is 1.57 bits per heavy atom. The molecule has 2 N–H and O–H groups in total. The largest absolute Gasteiger partial charge is 0.507 e. The first-order valence-electron chi connectivity index (χ1n) is 6.32. The lowest BCUT2D eigenvalue weighted by Crippen LogP contribution is -2.52. The maximum Gasteiger partial charge on any atom is 0.507 e. The van der Waals surface area contributed by atoms with E-state index < -0.39 is 29.1 Å². The van der Waals surface area contributed by atoms with E-state index in [1.165, 1.54) is 6.07 Å². The lowest BCUT2D eigenvalue weighted by molar-refractivity contribution is -0.391. The predicted molar refractivity (Wildman–Crippen MR) is 67.2 cm³/mol. The minimum atomic E-state index is -4.75. The zero-order valence-corrected chi connectivity index (χ0v) is 11.7. The van der Waals surface area contributed by atoms with E-state index in [1.807, 2.05) is 0 Å². The third-order valence-corrected chi connectivity index (χ3v) is 4.36. The quantitative estimate of drug-likeness (QED) is 0.844. The number of hydrogen-bond donors (Lipinski definition) is 1. The summed E-state index contributed by atoms with van der Waals surface area (Å²) in [6.07, 6.45) is -7.99. The van der Waals surface area contributed by atoms with E-state index in [1.54, 1.807) is 6.92 Å². The van der Waals surface area contributed by atoms with Gasteiger partial charge in [-0.3, -0.25) is 0 Å². The summed E-state index contributed by atoms with van der Waals surface area (Å²) in [5.74, 6) is -0.975. The summed E-state index contributed by atoms with van der Waals surface area (Å²) in [6, 6.07) is 2.04. The van der Waals surface area contributed by atoms with Gasteiger partial charge in [0.15, 0.2) is 11.5 Å². The van der Waals surface area contributed by atoms with Gasteiger partial charge in [-0.2, -0.15) is 17.6 Å². The second kappa shape index (κ2) is 4.16. The van der Waals surface area contributed by atoms with Crippen LogP contribution in [-0.4, -0.2) is 18.3 Å². The van der Waals surface area contributed by atoms with Gasteiger partial charge in [0, 0.05) is 22.5 Å². The zero-order valence-electron chi connectivity index (χ0n) is 10.9. The molecule has 0 radical (unpaired) electrons. The second-order valence-electron chi connectivity index (χ2n) is 5.46. The molecule has 1 aliphatic carbocycles. The molecule has 8 heteroatoms. The minimum absolute atomic E-state index is 0.146. The third kappa shape index (κ3) is 2.05. The molecular weight excluding hydrogens is 314 g/mol. The van der Waals surface area contributed by atoms with Gasteiger partial charge in [-0.15, -0.1) is 0 Å². The van der Waals surface area contributed by atoms with Crippen molar-refractivity contribution >= 4 is 11.6 Å². The van der Waals surface area contributed by atoms with Gasteiger partial charge in [-0.1, -0.05) is 11.6 Å². The van der Waals surface area contributed by atoms with Crippen LogP contribution in [-0.2, 0) is 5.41 Å². The molecule has 0 amide bonds. The van der Waals surface area contributed by atoms with Crippen LogP contribution in [0.3, 0.4) is 0 Å².